The van der Waals surface area contributed by atoms with Gasteiger partial charge in [-0.1, -0.05) is 6.42 Å². The van der Waals surface area contributed by atoms with Crippen LogP contribution in [0.2, 0.25) is 0 Å². The minimum atomic E-state index is -0.637. The number of hydrogen-bond donors (Lipinski definition) is 1. The Bertz CT molecular complexity index is 164. The SMILES string of the molecule is CC(N)OC(=O)OC1CCCCC1. The molecule has 0 aliphatic heterocycles. The predicted molar refractivity (Wildman–Crippen MR) is 48.1 cm³/mol. The Morgan fingerprint density at radius 3 is 2.54 bits per heavy atom. The summed E-state index contributed by atoms with van der Waals surface area (Å²) in [4.78, 5) is 11.0. The lowest BCUT2D eigenvalue weighted by Gasteiger charge is -2.21. The Labute approximate surface area is 78.4 Å². The highest BCUT2D eigenvalue weighted by atomic mass is 16.7. The van der Waals surface area contributed by atoms with Crippen LogP contribution in [-0.2, 0) is 9.47 Å². The highest BCUT2D eigenvalue weighted by Gasteiger charge is 2.18. The van der Waals surface area contributed by atoms with E-state index in [0.29, 0.717) is 0 Å². The fourth-order valence-electron chi connectivity index (χ4n) is 1.50. The third-order valence-corrected chi connectivity index (χ3v) is 2.10. The highest BCUT2D eigenvalue weighted by molar-refractivity contribution is 5.60. The van der Waals surface area contributed by atoms with Crippen LogP contribution in [0.3, 0.4) is 0 Å². The molecular weight excluding hydrogens is 170 g/mol. The number of carbonyl (C=O) groups is 1. The summed E-state index contributed by atoms with van der Waals surface area (Å²) in [5.74, 6) is 0. The Kier molecular flexibility index (Phi) is 4.02. The second-order valence-electron chi connectivity index (χ2n) is 3.45. The van der Waals surface area contributed by atoms with Gasteiger partial charge in [0.05, 0.1) is 0 Å². The van der Waals surface area contributed by atoms with Crippen LogP contribution in [0.1, 0.15) is 39.0 Å². The van der Waals surface area contributed by atoms with E-state index in [9.17, 15) is 4.79 Å². The molecule has 0 aromatic rings. The van der Waals surface area contributed by atoms with E-state index in [1.54, 1.807) is 6.92 Å². The molecule has 13 heavy (non-hydrogen) atoms. The molecule has 0 spiro atoms. The van der Waals surface area contributed by atoms with Crippen LogP contribution in [0, 0.1) is 0 Å². The molecule has 1 rings (SSSR count). The standard InChI is InChI=1S/C9H17NO3/c1-7(10)12-9(11)13-8-5-3-2-4-6-8/h7-8H,2-6,10H2,1H3. The number of rotatable bonds is 2. The zero-order valence-electron chi connectivity index (χ0n) is 7.99. The number of ether oxygens (including phenoxy) is 2. The molecule has 0 amide bonds. The Morgan fingerprint density at radius 2 is 2.00 bits per heavy atom. The molecule has 0 bridgehead atoms. The molecule has 2 N–H and O–H groups in total. The molecule has 1 saturated carbocycles. The van der Waals surface area contributed by atoms with Crippen LogP contribution in [0.15, 0.2) is 0 Å². The minimum Gasteiger partial charge on any atom is -0.431 e. The van der Waals surface area contributed by atoms with Gasteiger partial charge in [-0.05, 0) is 32.6 Å². The summed E-state index contributed by atoms with van der Waals surface area (Å²) in [6.45, 7) is 1.60. The molecule has 4 heteroatoms. The Balaban J connectivity index is 2.18. The quantitative estimate of drug-likeness (QED) is 0.528. The van der Waals surface area contributed by atoms with E-state index < -0.39 is 12.4 Å². The predicted octanol–water partition coefficient (Wildman–Crippen LogP) is 1.78. The zero-order valence-corrected chi connectivity index (χ0v) is 7.99. The maximum absolute atomic E-state index is 11.0. The van der Waals surface area contributed by atoms with E-state index in [2.05, 4.69) is 4.74 Å². The van der Waals surface area contributed by atoms with Gasteiger partial charge >= 0.3 is 6.16 Å². The normalized spacial score (nSPS) is 20.8. The molecule has 1 aliphatic carbocycles. The minimum absolute atomic E-state index is 0.0417. The summed E-state index contributed by atoms with van der Waals surface area (Å²) >= 11 is 0. The summed E-state index contributed by atoms with van der Waals surface area (Å²) < 4.78 is 9.73. The molecule has 0 radical (unpaired) electrons. The fraction of sp³-hybridized carbons (Fsp3) is 0.889. The topological polar surface area (TPSA) is 61.5 Å². The van der Waals surface area contributed by atoms with Crippen LogP contribution >= 0.6 is 0 Å². The summed E-state index contributed by atoms with van der Waals surface area (Å²) in [6, 6.07) is 0. The number of nitrogens with two attached hydrogens (primary N) is 1. The van der Waals surface area contributed by atoms with E-state index in [1.807, 2.05) is 0 Å². The summed E-state index contributed by atoms with van der Waals surface area (Å²) in [6.07, 6.45) is 4.23. The van der Waals surface area contributed by atoms with Crippen LogP contribution in [0.5, 0.6) is 0 Å². The zero-order chi connectivity index (χ0) is 9.68. The van der Waals surface area contributed by atoms with Crippen molar-refractivity contribution >= 4 is 6.16 Å². The lowest BCUT2D eigenvalue weighted by molar-refractivity contribution is -0.00546. The van der Waals surface area contributed by atoms with Crippen molar-refractivity contribution in [2.75, 3.05) is 0 Å². The van der Waals surface area contributed by atoms with E-state index in [1.165, 1.54) is 6.42 Å². The molecule has 1 unspecified atom stereocenters. The first-order valence-electron chi connectivity index (χ1n) is 4.81. The van der Waals surface area contributed by atoms with Crippen molar-refractivity contribution in [3.8, 4) is 0 Å². The molecule has 1 atom stereocenters. The average Bonchev–Trinajstić information content (AvgIpc) is 2.04. The third kappa shape index (κ3) is 4.12. The van der Waals surface area contributed by atoms with Gasteiger partial charge in [0.15, 0.2) is 6.23 Å². The van der Waals surface area contributed by atoms with Crippen molar-refractivity contribution in [1.82, 2.24) is 0 Å². The molecular formula is C9H17NO3. The Morgan fingerprint density at radius 1 is 1.38 bits per heavy atom. The molecule has 1 aliphatic rings. The fourth-order valence-corrected chi connectivity index (χ4v) is 1.50. The first-order valence-corrected chi connectivity index (χ1v) is 4.81. The number of carbonyl (C=O) groups excluding carboxylic acids is 1. The lowest BCUT2D eigenvalue weighted by Crippen LogP contribution is -2.27. The van der Waals surface area contributed by atoms with Gasteiger partial charge in [-0.3, -0.25) is 5.73 Å². The van der Waals surface area contributed by atoms with Gasteiger partial charge in [0.1, 0.15) is 6.10 Å². The molecule has 1 fully saturated rings. The van der Waals surface area contributed by atoms with Crippen molar-refractivity contribution in [2.45, 2.75) is 51.4 Å². The molecule has 0 aromatic heterocycles. The Hall–Kier alpha value is -0.770. The van der Waals surface area contributed by atoms with Crippen molar-refractivity contribution in [2.24, 2.45) is 5.73 Å². The molecule has 0 saturated heterocycles. The van der Waals surface area contributed by atoms with Crippen LogP contribution in [-0.4, -0.2) is 18.5 Å². The van der Waals surface area contributed by atoms with Gasteiger partial charge in [0.2, 0.25) is 0 Å². The first kappa shape index (κ1) is 10.3. The summed E-state index contributed by atoms with van der Waals surface area (Å²) in [5.41, 5.74) is 5.28. The van der Waals surface area contributed by atoms with Crippen molar-refractivity contribution in [1.29, 1.82) is 0 Å². The third-order valence-electron chi connectivity index (χ3n) is 2.10. The summed E-state index contributed by atoms with van der Waals surface area (Å²) in [5, 5.41) is 0. The number of hydrogen-bond acceptors (Lipinski definition) is 4. The summed E-state index contributed by atoms with van der Waals surface area (Å²) in [7, 11) is 0. The van der Waals surface area contributed by atoms with E-state index in [0.717, 1.165) is 25.7 Å². The van der Waals surface area contributed by atoms with E-state index >= 15 is 0 Å². The van der Waals surface area contributed by atoms with Crippen LogP contribution in [0.4, 0.5) is 4.79 Å². The van der Waals surface area contributed by atoms with Crippen LogP contribution in [0.25, 0.3) is 0 Å². The maximum atomic E-state index is 11.0. The smallest absolute Gasteiger partial charge is 0.431 e. The first-order chi connectivity index (χ1) is 6.18. The molecule has 4 nitrogen and oxygen atoms in total. The van der Waals surface area contributed by atoms with Gasteiger partial charge in [-0.15, -0.1) is 0 Å². The van der Waals surface area contributed by atoms with Crippen LogP contribution < -0.4 is 5.73 Å². The average molecular weight is 187 g/mol. The monoisotopic (exact) mass is 187 g/mol. The van der Waals surface area contributed by atoms with Gasteiger partial charge in [-0.25, -0.2) is 4.79 Å². The van der Waals surface area contributed by atoms with Gasteiger partial charge in [0, 0.05) is 0 Å². The molecule has 0 aromatic carbocycles. The second-order valence-corrected chi connectivity index (χ2v) is 3.45. The van der Waals surface area contributed by atoms with Crippen molar-refractivity contribution < 1.29 is 14.3 Å². The van der Waals surface area contributed by atoms with E-state index in [-0.39, 0.29) is 6.10 Å². The van der Waals surface area contributed by atoms with E-state index in [4.69, 9.17) is 10.5 Å². The van der Waals surface area contributed by atoms with Gasteiger partial charge in [-0.2, -0.15) is 0 Å². The lowest BCUT2D eigenvalue weighted by atomic mass is 9.98. The van der Waals surface area contributed by atoms with Crippen molar-refractivity contribution in [3.05, 3.63) is 0 Å². The van der Waals surface area contributed by atoms with Crippen molar-refractivity contribution in [3.63, 3.8) is 0 Å². The van der Waals surface area contributed by atoms with Gasteiger partial charge < -0.3 is 9.47 Å². The molecule has 0 heterocycles. The largest absolute Gasteiger partial charge is 0.510 e. The highest BCUT2D eigenvalue weighted by Crippen LogP contribution is 2.20. The molecule has 76 valence electrons. The maximum Gasteiger partial charge on any atom is 0.510 e. The second kappa shape index (κ2) is 5.07. The van der Waals surface area contributed by atoms with Gasteiger partial charge in [0.25, 0.3) is 0 Å².